The maximum Gasteiger partial charge on any atom is 0.291 e. The number of halogens is 2. The normalized spacial score (nSPS) is 13.7. The van der Waals surface area contributed by atoms with Gasteiger partial charge in [-0.05, 0) is 83.7 Å². The molecule has 1 aliphatic heterocycles. The van der Waals surface area contributed by atoms with Crippen LogP contribution in [0.1, 0.15) is 40.2 Å². The molecule has 1 fully saturated rings. The summed E-state index contributed by atoms with van der Waals surface area (Å²) >= 11 is 3.16. The zero-order valence-corrected chi connectivity index (χ0v) is 18.2. The average Bonchev–Trinajstić information content (AvgIpc) is 3.21. The van der Waals surface area contributed by atoms with Crippen LogP contribution in [0.25, 0.3) is 0 Å². The topological polar surface area (TPSA) is 74.6 Å². The van der Waals surface area contributed by atoms with E-state index in [0.717, 1.165) is 31.6 Å². The quantitative estimate of drug-likeness (QED) is 0.487. The molecule has 0 saturated carbocycles. The zero-order chi connectivity index (χ0) is 21.8. The van der Waals surface area contributed by atoms with E-state index in [1.807, 2.05) is 0 Å². The van der Waals surface area contributed by atoms with Gasteiger partial charge in [0.1, 0.15) is 5.82 Å². The third kappa shape index (κ3) is 5.14. The van der Waals surface area contributed by atoms with Gasteiger partial charge in [-0.2, -0.15) is 0 Å². The molecule has 8 heteroatoms. The van der Waals surface area contributed by atoms with Crippen LogP contribution in [0.15, 0.2) is 63.7 Å². The predicted octanol–water partition coefficient (Wildman–Crippen LogP) is 5.68. The summed E-state index contributed by atoms with van der Waals surface area (Å²) in [6, 6.07) is 14.1. The van der Waals surface area contributed by atoms with E-state index in [1.165, 1.54) is 18.6 Å². The van der Waals surface area contributed by atoms with E-state index in [-0.39, 0.29) is 11.7 Å². The number of hydrogen-bond donors (Lipinski definition) is 2. The summed E-state index contributed by atoms with van der Waals surface area (Å²) in [6.45, 7) is 1.75. The highest BCUT2D eigenvalue weighted by molar-refractivity contribution is 9.10. The largest absolute Gasteiger partial charge is 0.444 e. The number of carbonyl (C=O) groups excluding carboxylic acids is 2. The molecule has 0 atom stereocenters. The van der Waals surface area contributed by atoms with E-state index in [4.69, 9.17) is 4.42 Å². The van der Waals surface area contributed by atoms with Crippen molar-refractivity contribution < 1.29 is 18.4 Å². The van der Waals surface area contributed by atoms with Crippen LogP contribution in [0.5, 0.6) is 0 Å². The van der Waals surface area contributed by atoms with E-state index in [0.29, 0.717) is 21.6 Å². The van der Waals surface area contributed by atoms with E-state index in [2.05, 4.69) is 31.5 Å². The number of anilines is 3. The summed E-state index contributed by atoms with van der Waals surface area (Å²) in [6.07, 6.45) is 3.31. The molecule has 0 spiro atoms. The van der Waals surface area contributed by atoms with Gasteiger partial charge >= 0.3 is 0 Å². The second-order valence-corrected chi connectivity index (χ2v) is 8.08. The lowest BCUT2D eigenvalue weighted by Crippen LogP contribution is -2.30. The summed E-state index contributed by atoms with van der Waals surface area (Å²) in [5, 5.41) is 5.52. The number of hydrogen-bond acceptors (Lipinski definition) is 4. The molecule has 0 radical (unpaired) electrons. The van der Waals surface area contributed by atoms with Crippen LogP contribution in [-0.4, -0.2) is 24.9 Å². The number of carbonyl (C=O) groups is 2. The minimum atomic E-state index is -0.430. The molecule has 0 aliphatic carbocycles. The van der Waals surface area contributed by atoms with Gasteiger partial charge in [0.15, 0.2) is 10.4 Å². The van der Waals surface area contributed by atoms with E-state index in [9.17, 15) is 14.0 Å². The molecule has 1 aliphatic rings. The summed E-state index contributed by atoms with van der Waals surface area (Å²) in [5.41, 5.74) is 2.03. The number of benzene rings is 2. The van der Waals surface area contributed by atoms with Gasteiger partial charge < -0.3 is 20.0 Å². The summed E-state index contributed by atoms with van der Waals surface area (Å²) in [5.74, 6) is -1.09. The van der Waals surface area contributed by atoms with Crippen molar-refractivity contribution in [1.82, 2.24) is 0 Å². The lowest BCUT2D eigenvalue weighted by Gasteiger charge is -2.30. The van der Waals surface area contributed by atoms with Crippen molar-refractivity contribution in [1.29, 1.82) is 0 Å². The molecule has 6 nitrogen and oxygen atoms in total. The fraction of sp³-hybridized carbons (Fsp3) is 0.217. The Labute approximate surface area is 187 Å². The first kappa shape index (κ1) is 21.1. The standard InChI is InChI=1S/C23H21BrFN3O3/c24-21-10-9-20(31-21)23(30)26-17-6-4-5-15(13-17)22(29)27-18-14-16(25)7-8-19(18)28-11-2-1-3-12-28/h4-10,13-14H,1-3,11-12H2,(H,26,30)(H,27,29). The van der Waals surface area contributed by atoms with Crippen molar-refractivity contribution >= 4 is 44.8 Å². The van der Waals surface area contributed by atoms with Gasteiger partial charge in [-0.3, -0.25) is 9.59 Å². The Morgan fingerprint density at radius 3 is 2.48 bits per heavy atom. The minimum Gasteiger partial charge on any atom is -0.444 e. The van der Waals surface area contributed by atoms with Gasteiger partial charge in [-0.25, -0.2) is 4.39 Å². The van der Waals surface area contributed by atoms with E-state index < -0.39 is 11.7 Å². The molecule has 2 N–H and O–H groups in total. The zero-order valence-electron chi connectivity index (χ0n) is 16.7. The number of amides is 2. The Morgan fingerprint density at radius 2 is 1.74 bits per heavy atom. The smallest absolute Gasteiger partial charge is 0.291 e. The number of nitrogens with one attached hydrogen (secondary N) is 2. The molecule has 1 aromatic heterocycles. The Kier molecular flexibility index (Phi) is 6.36. The van der Waals surface area contributed by atoms with Gasteiger partial charge in [0.25, 0.3) is 11.8 Å². The highest BCUT2D eigenvalue weighted by Crippen LogP contribution is 2.30. The van der Waals surface area contributed by atoms with Crippen LogP contribution in [-0.2, 0) is 0 Å². The molecule has 1 saturated heterocycles. The highest BCUT2D eigenvalue weighted by Gasteiger charge is 2.18. The molecule has 0 bridgehead atoms. The Hall–Kier alpha value is -3.13. The van der Waals surface area contributed by atoms with Crippen molar-refractivity contribution in [2.75, 3.05) is 28.6 Å². The van der Waals surface area contributed by atoms with Crippen molar-refractivity contribution in [3.63, 3.8) is 0 Å². The van der Waals surface area contributed by atoms with Crippen molar-refractivity contribution in [2.24, 2.45) is 0 Å². The summed E-state index contributed by atoms with van der Waals surface area (Å²) in [7, 11) is 0. The fourth-order valence-electron chi connectivity index (χ4n) is 3.58. The van der Waals surface area contributed by atoms with Crippen LogP contribution >= 0.6 is 15.9 Å². The van der Waals surface area contributed by atoms with Crippen LogP contribution in [0, 0.1) is 5.82 Å². The summed E-state index contributed by atoms with van der Waals surface area (Å²) < 4.78 is 19.6. The molecule has 31 heavy (non-hydrogen) atoms. The lowest BCUT2D eigenvalue weighted by atomic mass is 10.1. The number of piperidine rings is 1. The Balaban J connectivity index is 1.51. The maximum atomic E-state index is 13.9. The Morgan fingerprint density at radius 1 is 0.935 bits per heavy atom. The average molecular weight is 486 g/mol. The molecule has 2 heterocycles. The van der Waals surface area contributed by atoms with Crippen LogP contribution in [0.2, 0.25) is 0 Å². The molecule has 3 aromatic rings. The van der Waals surface area contributed by atoms with Gasteiger partial charge in [-0.1, -0.05) is 6.07 Å². The third-order valence-corrected chi connectivity index (χ3v) is 5.51. The molecule has 160 valence electrons. The van der Waals surface area contributed by atoms with Gasteiger partial charge in [0.2, 0.25) is 0 Å². The van der Waals surface area contributed by atoms with E-state index in [1.54, 1.807) is 42.5 Å². The number of rotatable bonds is 5. The second kappa shape index (κ2) is 9.34. The first-order chi connectivity index (χ1) is 15.0. The van der Waals surface area contributed by atoms with Crippen molar-refractivity contribution in [3.8, 4) is 0 Å². The number of furan rings is 1. The highest BCUT2D eigenvalue weighted by atomic mass is 79.9. The van der Waals surface area contributed by atoms with Crippen LogP contribution in [0.4, 0.5) is 21.5 Å². The molecule has 2 amide bonds. The first-order valence-corrected chi connectivity index (χ1v) is 10.8. The first-order valence-electron chi connectivity index (χ1n) is 10.0. The number of nitrogens with zero attached hydrogens (tertiary/aromatic N) is 1. The summed E-state index contributed by atoms with van der Waals surface area (Å²) in [4.78, 5) is 27.3. The van der Waals surface area contributed by atoms with Crippen LogP contribution < -0.4 is 15.5 Å². The molecule has 0 unspecified atom stereocenters. The van der Waals surface area contributed by atoms with Crippen molar-refractivity contribution in [3.05, 3.63) is 76.4 Å². The monoisotopic (exact) mass is 485 g/mol. The fourth-order valence-corrected chi connectivity index (χ4v) is 3.89. The SMILES string of the molecule is O=C(Nc1cc(F)ccc1N1CCCCC1)c1cccc(NC(=O)c2ccc(Br)o2)c1. The molecule has 4 rings (SSSR count). The minimum absolute atomic E-state index is 0.146. The van der Waals surface area contributed by atoms with Gasteiger partial charge in [0.05, 0.1) is 11.4 Å². The predicted molar refractivity (Wildman–Crippen MR) is 121 cm³/mol. The molecular formula is C23H21BrFN3O3. The van der Waals surface area contributed by atoms with Gasteiger partial charge in [-0.15, -0.1) is 0 Å². The van der Waals surface area contributed by atoms with Gasteiger partial charge in [0, 0.05) is 24.3 Å². The maximum absolute atomic E-state index is 13.9. The molecule has 2 aromatic carbocycles. The second-order valence-electron chi connectivity index (χ2n) is 7.30. The lowest BCUT2D eigenvalue weighted by molar-refractivity contribution is 0.0992. The Bertz CT molecular complexity index is 1110. The van der Waals surface area contributed by atoms with Crippen molar-refractivity contribution in [2.45, 2.75) is 19.3 Å². The van der Waals surface area contributed by atoms with E-state index >= 15 is 0 Å². The van der Waals surface area contributed by atoms with Crippen LogP contribution in [0.3, 0.4) is 0 Å². The molecular weight excluding hydrogens is 465 g/mol. The third-order valence-electron chi connectivity index (χ3n) is 5.08.